The molecular weight excluding hydrogens is 144 g/mol. The van der Waals surface area contributed by atoms with E-state index in [9.17, 15) is 4.79 Å². The van der Waals surface area contributed by atoms with Crippen molar-refractivity contribution in [2.24, 2.45) is 0 Å². The number of nitrogens with zero attached hydrogens (tertiary/aromatic N) is 2. The van der Waals surface area contributed by atoms with Gasteiger partial charge in [0.25, 0.3) is 5.56 Å². The topological polar surface area (TPSA) is 56.0 Å². The SMILES string of the molecule is O=c1cnc2occc2cn1. The van der Waals surface area contributed by atoms with Crippen LogP contribution in [0.2, 0.25) is 0 Å². The van der Waals surface area contributed by atoms with Gasteiger partial charge < -0.3 is 4.42 Å². The molecule has 0 saturated heterocycles. The van der Waals surface area contributed by atoms with Gasteiger partial charge in [-0.05, 0) is 6.07 Å². The molecule has 4 nitrogen and oxygen atoms in total. The van der Waals surface area contributed by atoms with Gasteiger partial charge >= 0.3 is 0 Å². The van der Waals surface area contributed by atoms with Crippen molar-refractivity contribution in [2.75, 3.05) is 0 Å². The van der Waals surface area contributed by atoms with Crippen LogP contribution in [-0.2, 0) is 0 Å². The molecule has 0 atom stereocenters. The van der Waals surface area contributed by atoms with E-state index in [1.807, 2.05) is 0 Å². The maximum absolute atomic E-state index is 10.7. The first-order valence-electron chi connectivity index (χ1n) is 3.06. The molecular formula is C7H4N2O2. The van der Waals surface area contributed by atoms with Gasteiger partial charge in [-0.2, -0.15) is 0 Å². The number of furan rings is 1. The molecule has 0 aromatic carbocycles. The lowest BCUT2D eigenvalue weighted by Gasteiger charge is -1.71. The van der Waals surface area contributed by atoms with E-state index in [2.05, 4.69) is 9.97 Å². The monoisotopic (exact) mass is 148 g/mol. The molecule has 0 aliphatic heterocycles. The molecule has 4 heteroatoms. The fourth-order valence-electron chi connectivity index (χ4n) is 0.795. The quantitative estimate of drug-likeness (QED) is 0.548. The first-order chi connectivity index (χ1) is 5.36. The Kier molecular flexibility index (Phi) is 1.18. The third-order valence-electron chi connectivity index (χ3n) is 1.30. The molecule has 2 aromatic heterocycles. The highest BCUT2D eigenvalue weighted by Crippen LogP contribution is 2.06. The van der Waals surface area contributed by atoms with Crippen molar-refractivity contribution >= 4 is 11.1 Å². The highest BCUT2D eigenvalue weighted by Gasteiger charge is 1.93. The molecule has 0 aliphatic carbocycles. The summed E-state index contributed by atoms with van der Waals surface area (Å²) in [5.41, 5.74) is 0.0657. The summed E-state index contributed by atoms with van der Waals surface area (Å²) in [7, 11) is 0. The molecule has 0 bridgehead atoms. The number of rotatable bonds is 0. The summed E-state index contributed by atoms with van der Waals surface area (Å²) in [5, 5.41) is 0.729. The predicted molar refractivity (Wildman–Crippen MR) is 38.1 cm³/mol. The first-order valence-corrected chi connectivity index (χ1v) is 3.06. The van der Waals surface area contributed by atoms with Crippen molar-refractivity contribution in [3.8, 4) is 0 Å². The lowest BCUT2D eigenvalue weighted by molar-refractivity contribution is 0.603. The maximum atomic E-state index is 10.7. The number of hydrogen-bond donors (Lipinski definition) is 0. The fraction of sp³-hybridized carbons (Fsp3) is 0. The molecule has 2 aromatic rings. The second-order valence-corrected chi connectivity index (χ2v) is 2.04. The summed E-state index contributed by atoms with van der Waals surface area (Å²) >= 11 is 0. The average Bonchev–Trinajstić information content (AvgIpc) is 2.38. The maximum Gasteiger partial charge on any atom is 0.288 e. The minimum absolute atomic E-state index is 0.364. The lowest BCUT2D eigenvalue weighted by Crippen LogP contribution is -1.97. The van der Waals surface area contributed by atoms with E-state index >= 15 is 0 Å². The van der Waals surface area contributed by atoms with Crippen molar-refractivity contribution in [1.29, 1.82) is 0 Å². The second kappa shape index (κ2) is 2.16. The largest absolute Gasteiger partial charge is 0.446 e. The first kappa shape index (κ1) is 6.03. The van der Waals surface area contributed by atoms with Gasteiger partial charge in [0, 0.05) is 6.20 Å². The fourth-order valence-corrected chi connectivity index (χ4v) is 0.795. The van der Waals surface area contributed by atoms with Crippen molar-refractivity contribution in [3.05, 3.63) is 35.1 Å². The van der Waals surface area contributed by atoms with Gasteiger partial charge in [-0.25, -0.2) is 9.97 Å². The van der Waals surface area contributed by atoms with Crippen LogP contribution in [0, 0.1) is 0 Å². The van der Waals surface area contributed by atoms with Crippen LogP contribution in [0.4, 0.5) is 0 Å². The molecule has 11 heavy (non-hydrogen) atoms. The Hall–Kier alpha value is -1.71. The summed E-state index contributed by atoms with van der Waals surface area (Å²) in [6, 6.07) is 1.70. The van der Waals surface area contributed by atoms with Crippen LogP contribution in [0.3, 0.4) is 0 Å². The van der Waals surface area contributed by atoms with Gasteiger partial charge in [-0.1, -0.05) is 0 Å². The van der Waals surface area contributed by atoms with Gasteiger partial charge in [0.1, 0.15) is 0 Å². The summed E-state index contributed by atoms with van der Waals surface area (Å²) in [5.74, 6) is 0. The molecule has 0 saturated carbocycles. The number of fused-ring (bicyclic) bond motifs is 1. The van der Waals surface area contributed by atoms with E-state index < -0.39 is 0 Å². The van der Waals surface area contributed by atoms with Crippen LogP contribution in [0.15, 0.2) is 33.9 Å². The third kappa shape index (κ3) is 0.980. The van der Waals surface area contributed by atoms with Gasteiger partial charge in [-0.15, -0.1) is 0 Å². The van der Waals surface area contributed by atoms with Crippen LogP contribution in [0.5, 0.6) is 0 Å². The summed E-state index contributed by atoms with van der Waals surface area (Å²) < 4.78 is 4.94. The predicted octanol–water partition coefficient (Wildman–Crippen LogP) is 0.583. The number of hydrogen-bond acceptors (Lipinski definition) is 4. The highest BCUT2D eigenvalue weighted by molar-refractivity contribution is 5.70. The molecule has 0 radical (unpaired) electrons. The molecule has 2 rings (SSSR count). The minimum Gasteiger partial charge on any atom is -0.446 e. The molecule has 2 heterocycles. The Morgan fingerprint density at radius 2 is 2.18 bits per heavy atom. The van der Waals surface area contributed by atoms with Crippen LogP contribution in [0.25, 0.3) is 11.1 Å². The Labute approximate surface area is 61.5 Å². The highest BCUT2D eigenvalue weighted by atomic mass is 16.3. The minimum atomic E-state index is -0.364. The Morgan fingerprint density at radius 1 is 1.27 bits per heavy atom. The van der Waals surface area contributed by atoms with Crippen molar-refractivity contribution in [3.63, 3.8) is 0 Å². The van der Waals surface area contributed by atoms with Gasteiger partial charge in [0.05, 0.1) is 17.8 Å². The van der Waals surface area contributed by atoms with Crippen LogP contribution >= 0.6 is 0 Å². The van der Waals surface area contributed by atoms with Crippen molar-refractivity contribution in [1.82, 2.24) is 9.97 Å². The van der Waals surface area contributed by atoms with E-state index in [-0.39, 0.29) is 5.56 Å². The molecule has 0 fully saturated rings. The number of aromatic nitrogens is 2. The molecule has 0 unspecified atom stereocenters. The summed E-state index contributed by atoms with van der Waals surface area (Å²) in [6.07, 6.45) is 4.07. The lowest BCUT2D eigenvalue weighted by atomic mass is 10.4. The standard InChI is InChI=1S/C7H4N2O2/c10-6-4-9-7-5(3-8-6)1-2-11-7/h1-4H. The zero-order chi connectivity index (χ0) is 7.68. The van der Waals surface area contributed by atoms with E-state index in [1.165, 1.54) is 12.5 Å². The second-order valence-electron chi connectivity index (χ2n) is 2.04. The Bertz CT molecular complexity index is 399. The Balaban J connectivity index is 2.96. The van der Waals surface area contributed by atoms with Crippen molar-refractivity contribution in [2.45, 2.75) is 0 Å². The van der Waals surface area contributed by atoms with Gasteiger partial charge in [-0.3, -0.25) is 4.79 Å². The molecule has 0 N–H and O–H groups in total. The van der Waals surface area contributed by atoms with E-state index in [1.54, 1.807) is 6.07 Å². The van der Waals surface area contributed by atoms with Gasteiger partial charge in [0.15, 0.2) is 0 Å². The average molecular weight is 148 g/mol. The van der Waals surface area contributed by atoms with Crippen LogP contribution < -0.4 is 5.56 Å². The molecule has 0 aliphatic rings. The summed E-state index contributed by atoms with van der Waals surface area (Å²) in [6.45, 7) is 0. The molecule has 0 amide bonds. The normalized spacial score (nSPS) is 10.2. The Morgan fingerprint density at radius 3 is 3.09 bits per heavy atom. The van der Waals surface area contributed by atoms with Crippen LogP contribution in [0.1, 0.15) is 0 Å². The van der Waals surface area contributed by atoms with E-state index in [0.717, 1.165) is 11.6 Å². The van der Waals surface area contributed by atoms with Crippen LogP contribution in [-0.4, -0.2) is 9.97 Å². The zero-order valence-electron chi connectivity index (χ0n) is 5.52. The van der Waals surface area contributed by atoms with E-state index in [0.29, 0.717) is 5.71 Å². The molecule has 0 spiro atoms. The third-order valence-corrected chi connectivity index (χ3v) is 1.30. The summed E-state index contributed by atoms with van der Waals surface area (Å²) in [4.78, 5) is 18.0. The van der Waals surface area contributed by atoms with Crippen molar-refractivity contribution < 1.29 is 4.42 Å². The van der Waals surface area contributed by atoms with E-state index in [4.69, 9.17) is 4.42 Å². The van der Waals surface area contributed by atoms with Gasteiger partial charge in [0.2, 0.25) is 5.71 Å². The smallest absolute Gasteiger partial charge is 0.288 e. The molecule has 54 valence electrons. The zero-order valence-corrected chi connectivity index (χ0v) is 5.52.